The lowest BCUT2D eigenvalue weighted by Crippen LogP contribution is -2.29. The summed E-state index contributed by atoms with van der Waals surface area (Å²) in [7, 11) is -3.37. The van der Waals surface area contributed by atoms with E-state index in [2.05, 4.69) is 5.32 Å². The second-order valence-corrected chi connectivity index (χ2v) is 5.83. The number of benzene rings is 1. The Labute approximate surface area is 107 Å². The monoisotopic (exact) mass is 273 g/mol. The SMILES string of the molecule is CCOC(=S)NCS(=O)(=O)c1ccc(C)cc1. The van der Waals surface area contributed by atoms with Crippen molar-refractivity contribution in [1.29, 1.82) is 0 Å². The number of rotatable bonds is 4. The fraction of sp³-hybridized carbons (Fsp3) is 0.364. The molecule has 0 spiro atoms. The maximum atomic E-state index is 11.9. The van der Waals surface area contributed by atoms with Gasteiger partial charge in [0, 0.05) is 0 Å². The highest BCUT2D eigenvalue weighted by molar-refractivity contribution is 7.91. The Morgan fingerprint density at radius 2 is 1.94 bits per heavy atom. The lowest BCUT2D eigenvalue weighted by molar-refractivity contribution is 0.322. The zero-order valence-electron chi connectivity index (χ0n) is 9.76. The van der Waals surface area contributed by atoms with E-state index in [1.165, 1.54) is 0 Å². The lowest BCUT2D eigenvalue weighted by Gasteiger charge is -2.09. The molecule has 0 bridgehead atoms. The fourth-order valence-corrected chi connectivity index (χ4v) is 2.48. The number of aryl methyl sites for hydroxylation is 1. The molecule has 0 aliphatic heterocycles. The highest BCUT2D eigenvalue weighted by Crippen LogP contribution is 2.11. The Morgan fingerprint density at radius 1 is 1.35 bits per heavy atom. The molecule has 0 saturated carbocycles. The number of ether oxygens (including phenoxy) is 1. The summed E-state index contributed by atoms with van der Waals surface area (Å²) in [5.41, 5.74) is 1.02. The summed E-state index contributed by atoms with van der Waals surface area (Å²) < 4.78 is 28.7. The smallest absolute Gasteiger partial charge is 0.257 e. The van der Waals surface area contributed by atoms with Crippen LogP contribution in [0, 0.1) is 6.92 Å². The molecule has 0 aromatic heterocycles. The van der Waals surface area contributed by atoms with Gasteiger partial charge in [0.2, 0.25) is 0 Å². The molecule has 0 radical (unpaired) electrons. The van der Waals surface area contributed by atoms with Crippen molar-refractivity contribution in [3.05, 3.63) is 29.8 Å². The summed E-state index contributed by atoms with van der Waals surface area (Å²) in [5.74, 6) is -0.255. The third-order valence-corrected chi connectivity index (χ3v) is 3.84. The molecule has 1 N–H and O–H groups in total. The first kappa shape index (κ1) is 13.9. The average molecular weight is 273 g/mol. The Hall–Kier alpha value is -1.14. The Kier molecular flexibility index (Phi) is 4.89. The van der Waals surface area contributed by atoms with E-state index >= 15 is 0 Å². The predicted molar refractivity (Wildman–Crippen MR) is 70.6 cm³/mol. The van der Waals surface area contributed by atoms with E-state index in [1.807, 2.05) is 6.92 Å². The summed E-state index contributed by atoms with van der Waals surface area (Å²) in [4.78, 5) is 0.273. The van der Waals surface area contributed by atoms with Crippen molar-refractivity contribution in [3.63, 3.8) is 0 Å². The number of hydrogen-bond donors (Lipinski definition) is 1. The highest BCUT2D eigenvalue weighted by Gasteiger charge is 2.14. The summed E-state index contributed by atoms with van der Waals surface area (Å²) in [6.07, 6.45) is 0. The molecule has 94 valence electrons. The van der Waals surface area contributed by atoms with Crippen LogP contribution in [0.2, 0.25) is 0 Å². The first-order valence-electron chi connectivity index (χ1n) is 5.16. The van der Waals surface area contributed by atoms with Gasteiger partial charge in [-0.1, -0.05) is 17.7 Å². The molecule has 1 aromatic rings. The van der Waals surface area contributed by atoms with E-state index in [1.54, 1.807) is 31.2 Å². The van der Waals surface area contributed by atoms with Crippen LogP contribution >= 0.6 is 12.2 Å². The zero-order valence-corrected chi connectivity index (χ0v) is 11.4. The Morgan fingerprint density at radius 3 is 2.47 bits per heavy atom. The minimum absolute atomic E-state index is 0.100. The minimum Gasteiger partial charge on any atom is -0.471 e. The second kappa shape index (κ2) is 5.97. The van der Waals surface area contributed by atoms with Crippen LogP contribution < -0.4 is 5.32 Å². The van der Waals surface area contributed by atoms with E-state index in [0.717, 1.165) is 5.56 Å². The van der Waals surface area contributed by atoms with Crippen LogP contribution in [0.25, 0.3) is 0 Å². The molecule has 0 aliphatic rings. The molecule has 0 amide bonds. The molecule has 17 heavy (non-hydrogen) atoms. The van der Waals surface area contributed by atoms with Crippen LogP contribution in [-0.4, -0.2) is 26.1 Å². The van der Waals surface area contributed by atoms with E-state index in [-0.39, 0.29) is 15.9 Å². The van der Waals surface area contributed by atoms with Crippen LogP contribution in [0.4, 0.5) is 0 Å². The zero-order chi connectivity index (χ0) is 12.9. The van der Waals surface area contributed by atoms with E-state index in [9.17, 15) is 8.42 Å². The molecule has 1 aromatic carbocycles. The molecule has 0 aliphatic carbocycles. The molecule has 1 rings (SSSR count). The van der Waals surface area contributed by atoms with Crippen molar-refractivity contribution in [1.82, 2.24) is 5.32 Å². The summed E-state index contributed by atoms with van der Waals surface area (Å²) in [6.45, 7) is 4.09. The molecule has 0 fully saturated rings. The quantitative estimate of drug-likeness (QED) is 0.845. The van der Waals surface area contributed by atoms with Gasteiger partial charge >= 0.3 is 0 Å². The van der Waals surface area contributed by atoms with Crippen LogP contribution in [0.3, 0.4) is 0 Å². The van der Waals surface area contributed by atoms with Crippen molar-refractivity contribution in [2.75, 3.05) is 12.5 Å². The first-order chi connectivity index (χ1) is 7.95. The summed E-state index contributed by atoms with van der Waals surface area (Å²) >= 11 is 4.79. The van der Waals surface area contributed by atoms with Crippen LogP contribution in [0.1, 0.15) is 12.5 Å². The van der Waals surface area contributed by atoms with Gasteiger partial charge in [-0.3, -0.25) is 0 Å². The van der Waals surface area contributed by atoms with Gasteiger partial charge in [0.1, 0.15) is 5.88 Å². The van der Waals surface area contributed by atoms with Gasteiger partial charge in [0.25, 0.3) is 5.17 Å². The maximum Gasteiger partial charge on any atom is 0.257 e. The second-order valence-electron chi connectivity index (χ2n) is 3.47. The van der Waals surface area contributed by atoms with E-state index in [0.29, 0.717) is 6.61 Å². The molecular formula is C11H15NO3S2. The molecular weight excluding hydrogens is 258 g/mol. The van der Waals surface area contributed by atoms with E-state index < -0.39 is 9.84 Å². The molecule has 6 heteroatoms. The van der Waals surface area contributed by atoms with E-state index in [4.69, 9.17) is 17.0 Å². The normalized spacial score (nSPS) is 10.9. The first-order valence-corrected chi connectivity index (χ1v) is 7.22. The van der Waals surface area contributed by atoms with Crippen molar-refractivity contribution in [2.24, 2.45) is 0 Å². The third-order valence-electron chi connectivity index (χ3n) is 2.06. The largest absolute Gasteiger partial charge is 0.471 e. The third kappa shape index (κ3) is 4.32. The van der Waals surface area contributed by atoms with Crippen LogP contribution in [-0.2, 0) is 14.6 Å². The van der Waals surface area contributed by atoms with Crippen molar-refractivity contribution in [3.8, 4) is 0 Å². The fourth-order valence-electron chi connectivity index (χ4n) is 1.16. The molecule has 4 nitrogen and oxygen atoms in total. The van der Waals surface area contributed by atoms with Gasteiger partial charge in [-0.15, -0.1) is 0 Å². The van der Waals surface area contributed by atoms with Gasteiger partial charge in [-0.05, 0) is 38.2 Å². The number of sulfone groups is 1. The number of nitrogens with one attached hydrogen (secondary N) is 1. The van der Waals surface area contributed by atoms with Crippen molar-refractivity contribution in [2.45, 2.75) is 18.7 Å². The van der Waals surface area contributed by atoms with Gasteiger partial charge in [0.05, 0.1) is 11.5 Å². The maximum absolute atomic E-state index is 11.9. The van der Waals surface area contributed by atoms with Crippen LogP contribution in [0.15, 0.2) is 29.2 Å². The molecule has 0 unspecified atom stereocenters. The van der Waals surface area contributed by atoms with Gasteiger partial charge in [0.15, 0.2) is 9.84 Å². The van der Waals surface area contributed by atoms with Crippen molar-refractivity contribution < 1.29 is 13.2 Å². The van der Waals surface area contributed by atoms with Gasteiger partial charge in [-0.25, -0.2) is 8.42 Å². The number of hydrogen-bond acceptors (Lipinski definition) is 4. The average Bonchev–Trinajstić information content (AvgIpc) is 2.28. The molecule has 0 heterocycles. The topological polar surface area (TPSA) is 55.4 Å². The van der Waals surface area contributed by atoms with Crippen molar-refractivity contribution >= 4 is 27.2 Å². The van der Waals surface area contributed by atoms with Crippen LogP contribution in [0.5, 0.6) is 0 Å². The molecule has 0 saturated heterocycles. The van der Waals surface area contributed by atoms with Gasteiger partial charge < -0.3 is 10.1 Å². The van der Waals surface area contributed by atoms with Gasteiger partial charge in [-0.2, -0.15) is 0 Å². The Balaban J connectivity index is 2.69. The minimum atomic E-state index is -3.37. The lowest BCUT2D eigenvalue weighted by atomic mass is 10.2. The highest BCUT2D eigenvalue weighted by atomic mass is 32.2. The summed E-state index contributed by atoms with van der Waals surface area (Å²) in [5, 5.41) is 2.66. The predicted octanol–water partition coefficient (Wildman–Crippen LogP) is 1.64. The number of thiocarbonyl (C=S) groups is 1. The summed E-state index contributed by atoms with van der Waals surface area (Å²) in [6, 6.07) is 6.67. The Bertz CT molecular complexity index is 480. The standard InChI is InChI=1S/C11H15NO3S2/c1-3-15-11(16)12-8-17(13,14)10-6-4-9(2)5-7-10/h4-7H,3,8H2,1-2H3,(H,12,16). The molecule has 0 atom stereocenters.